The van der Waals surface area contributed by atoms with Crippen LogP contribution in [0.5, 0.6) is 0 Å². The third-order valence-electron chi connectivity index (χ3n) is 6.78. The molecule has 0 aromatic carbocycles. The Morgan fingerprint density at radius 2 is 1.67 bits per heavy atom. The van der Waals surface area contributed by atoms with Crippen LogP contribution < -0.4 is 0 Å². The molecule has 0 aromatic heterocycles. The molecular formula is C19H40B2. The maximum absolute atomic E-state index is 2.54. The van der Waals surface area contributed by atoms with E-state index in [0.717, 1.165) is 17.8 Å². The summed E-state index contributed by atoms with van der Waals surface area (Å²) in [6, 6.07) is 0. The topological polar surface area (TPSA) is 0 Å². The van der Waals surface area contributed by atoms with Gasteiger partial charge in [-0.2, -0.15) is 0 Å². The van der Waals surface area contributed by atoms with Crippen LogP contribution in [0.2, 0.25) is 5.21 Å². The summed E-state index contributed by atoms with van der Waals surface area (Å²) in [6.45, 7) is 12.2. The molecule has 0 bridgehead atoms. The van der Waals surface area contributed by atoms with Gasteiger partial charge in [0.05, 0.1) is 0 Å². The molecule has 122 valence electrons. The third kappa shape index (κ3) is 5.68. The van der Waals surface area contributed by atoms with Crippen LogP contribution in [0.1, 0.15) is 92.4 Å². The molecule has 0 spiro atoms. The highest BCUT2D eigenvalue weighted by molar-refractivity contribution is 6.40. The van der Waals surface area contributed by atoms with Crippen molar-refractivity contribution >= 4 is 15.7 Å². The van der Waals surface area contributed by atoms with Crippen molar-refractivity contribution in [2.45, 2.75) is 97.6 Å². The van der Waals surface area contributed by atoms with E-state index in [1.54, 1.807) is 0 Å². The van der Waals surface area contributed by atoms with Crippen molar-refractivity contribution in [1.82, 2.24) is 0 Å². The van der Waals surface area contributed by atoms with Crippen LogP contribution >= 0.6 is 0 Å². The molecule has 0 saturated heterocycles. The number of hydrogen-bond donors (Lipinski definition) is 0. The van der Waals surface area contributed by atoms with Crippen LogP contribution in [0.4, 0.5) is 0 Å². The van der Waals surface area contributed by atoms with Gasteiger partial charge >= 0.3 is 0 Å². The first kappa shape index (κ1) is 19.2. The summed E-state index contributed by atoms with van der Waals surface area (Å²) in [5, 5.41) is 0.446. The fourth-order valence-corrected chi connectivity index (χ4v) is 4.12. The van der Waals surface area contributed by atoms with E-state index < -0.39 is 0 Å². The van der Waals surface area contributed by atoms with Crippen LogP contribution in [-0.4, -0.2) is 15.7 Å². The van der Waals surface area contributed by atoms with E-state index in [1.165, 1.54) is 57.8 Å². The lowest BCUT2D eigenvalue weighted by molar-refractivity contribution is 0.166. The van der Waals surface area contributed by atoms with Crippen molar-refractivity contribution in [2.24, 2.45) is 23.2 Å². The SMILES string of the molecule is BC(B)(C1CC(C)CCCC(CCCCC)C1)C(C)(C)C. The fourth-order valence-electron chi connectivity index (χ4n) is 4.12. The minimum Gasteiger partial charge on any atom is -0.0771 e. The molecule has 1 aliphatic rings. The Morgan fingerprint density at radius 3 is 2.24 bits per heavy atom. The molecule has 21 heavy (non-hydrogen) atoms. The van der Waals surface area contributed by atoms with Gasteiger partial charge in [0.15, 0.2) is 0 Å². The van der Waals surface area contributed by atoms with E-state index in [1.807, 2.05) is 0 Å². The second-order valence-corrected chi connectivity index (χ2v) is 9.54. The van der Waals surface area contributed by atoms with Gasteiger partial charge in [-0.3, -0.25) is 0 Å². The van der Waals surface area contributed by atoms with Gasteiger partial charge in [-0.05, 0) is 36.0 Å². The first-order chi connectivity index (χ1) is 9.68. The second-order valence-electron chi connectivity index (χ2n) is 9.54. The van der Waals surface area contributed by atoms with Crippen molar-refractivity contribution in [3.8, 4) is 0 Å². The summed E-state index contributed by atoms with van der Waals surface area (Å²) in [5.41, 5.74) is 0.407. The van der Waals surface area contributed by atoms with Crippen molar-refractivity contribution in [3.05, 3.63) is 0 Å². The molecule has 1 fully saturated rings. The molecule has 3 atom stereocenters. The van der Waals surface area contributed by atoms with Crippen LogP contribution in [0.15, 0.2) is 0 Å². The van der Waals surface area contributed by atoms with Gasteiger partial charge in [-0.15, -0.1) is 0 Å². The Kier molecular flexibility index (Phi) is 7.41. The summed E-state index contributed by atoms with van der Waals surface area (Å²) in [6.07, 6.45) is 13.1. The van der Waals surface area contributed by atoms with E-state index in [4.69, 9.17) is 0 Å². The Bertz CT molecular complexity index is 288. The molecule has 0 nitrogen and oxygen atoms in total. The van der Waals surface area contributed by atoms with E-state index >= 15 is 0 Å². The molecule has 0 amide bonds. The Hall–Kier alpha value is 0.130. The number of rotatable bonds is 5. The minimum atomic E-state index is 0.407. The van der Waals surface area contributed by atoms with Gasteiger partial charge in [0.25, 0.3) is 0 Å². The summed E-state index contributed by atoms with van der Waals surface area (Å²) in [5.74, 6) is 2.82. The zero-order valence-corrected chi connectivity index (χ0v) is 16.1. The van der Waals surface area contributed by atoms with Gasteiger partial charge in [0, 0.05) is 0 Å². The summed E-state index contributed by atoms with van der Waals surface area (Å²) >= 11 is 0. The van der Waals surface area contributed by atoms with Crippen molar-refractivity contribution in [1.29, 1.82) is 0 Å². The average molecular weight is 290 g/mol. The van der Waals surface area contributed by atoms with E-state index in [9.17, 15) is 0 Å². The molecule has 0 heterocycles. The lowest BCUT2D eigenvalue weighted by Gasteiger charge is -2.48. The lowest BCUT2D eigenvalue weighted by atomic mass is 9.37. The second kappa shape index (κ2) is 8.11. The van der Waals surface area contributed by atoms with Crippen LogP contribution in [0, 0.1) is 23.2 Å². The largest absolute Gasteiger partial charge is 0.100 e. The zero-order chi connectivity index (χ0) is 16.1. The van der Waals surface area contributed by atoms with Crippen LogP contribution in [0.3, 0.4) is 0 Å². The minimum absolute atomic E-state index is 0.407. The van der Waals surface area contributed by atoms with Crippen LogP contribution in [0.25, 0.3) is 0 Å². The molecule has 0 aromatic rings. The quantitative estimate of drug-likeness (QED) is 0.502. The monoisotopic (exact) mass is 290 g/mol. The third-order valence-corrected chi connectivity index (χ3v) is 6.78. The Morgan fingerprint density at radius 1 is 1.00 bits per heavy atom. The highest BCUT2D eigenvalue weighted by atomic mass is 14.4. The molecule has 0 radical (unpaired) electrons. The highest BCUT2D eigenvalue weighted by Gasteiger charge is 2.41. The van der Waals surface area contributed by atoms with Crippen LogP contribution in [-0.2, 0) is 0 Å². The smallest absolute Gasteiger partial charge is 0.0771 e. The normalized spacial score (nSPS) is 28.9. The maximum atomic E-state index is 2.54. The molecule has 1 saturated carbocycles. The Labute approximate surface area is 137 Å². The average Bonchev–Trinajstić information content (AvgIpc) is 2.33. The van der Waals surface area contributed by atoms with Gasteiger partial charge in [-0.25, -0.2) is 0 Å². The highest BCUT2D eigenvalue weighted by Crippen LogP contribution is 2.52. The molecular weight excluding hydrogens is 250 g/mol. The lowest BCUT2D eigenvalue weighted by Crippen LogP contribution is -2.39. The Balaban J connectivity index is 2.76. The van der Waals surface area contributed by atoms with Crippen molar-refractivity contribution in [2.75, 3.05) is 0 Å². The number of unbranched alkanes of at least 4 members (excludes halogenated alkanes) is 2. The first-order valence-electron chi connectivity index (χ1n) is 9.68. The van der Waals surface area contributed by atoms with Gasteiger partial charge in [-0.1, -0.05) is 84.8 Å². The molecule has 1 aliphatic carbocycles. The molecule has 1 rings (SSSR count). The zero-order valence-electron chi connectivity index (χ0n) is 16.1. The first-order valence-corrected chi connectivity index (χ1v) is 9.68. The summed E-state index contributed by atoms with van der Waals surface area (Å²) < 4.78 is 0. The maximum Gasteiger partial charge on any atom is 0.100 e. The predicted molar refractivity (Wildman–Crippen MR) is 103 cm³/mol. The fraction of sp³-hybridized carbons (Fsp3) is 1.00. The standard InChI is InChI=1S/C19H40B2/c1-6-7-8-11-16-12-9-10-15(2)13-17(14-16)19(20,21)18(3,4)5/h15-17H,6-14,20-21H2,1-5H3. The van der Waals surface area contributed by atoms with Crippen molar-refractivity contribution < 1.29 is 0 Å². The molecule has 2 heteroatoms. The summed E-state index contributed by atoms with van der Waals surface area (Å²) in [7, 11) is 5.07. The predicted octanol–water partition coefficient (Wildman–Crippen LogP) is 4.83. The van der Waals surface area contributed by atoms with E-state index in [2.05, 4.69) is 50.3 Å². The molecule has 0 N–H and O–H groups in total. The van der Waals surface area contributed by atoms with Gasteiger partial charge < -0.3 is 0 Å². The molecule has 0 aliphatic heterocycles. The van der Waals surface area contributed by atoms with E-state index in [-0.39, 0.29) is 0 Å². The van der Waals surface area contributed by atoms with Gasteiger partial charge in [0.2, 0.25) is 0 Å². The number of hydrogen-bond acceptors (Lipinski definition) is 0. The van der Waals surface area contributed by atoms with Gasteiger partial charge in [0.1, 0.15) is 15.7 Å². The van der Waals surface area contributed by atoms with E-state index in [0.29, 0.717) is 10.6 Å². The summed E-state index contributed by atoms with van der Waals surface area (Å²) in [4.78, 5) is 0. The molecule has 3 unspecified atom stereocenters. The van der Waals surface area contributed by atoms with Crippen molar-refractivity contribution in [3.63, 3.8) is 0 Å².